The van der Waals surface area contributed by atoms with E-state index in [1.807, 2.05) is 6.07 Å². The summed E-state index contributed by atoms with van der Waals surface area (Å²) in [6.07, 6.45) is 3.73. The van der Waals surface area contributed by atoms with E-state index in [1.54, 1.807) is 32.3 Å². The first-order chi connectivity index (χ1) is 11.9. The van der Waals surface area contributed by atoms with Crippen LogP contribution in [-0.2, 0) is 24.1 Å². The van der Waals surface area contributed by atoms with Gasteiger partial charge in [0.05, 0.1) is 17.0 Å². The number of halogens is 1. The standard InChI is InChI=1S/C20H21ClN2O2/c1-23(2)20(25)17-12-16(8-9-18(17)21)22-19(24)11-13-6-7-14-4-3-5-15(14)10-13/h6-10,12H,3-5,11H2,1-2H3,(H,22,24). The monoisotopic (exact) mass is 356 g/mol. The fourth-order valence-corrected chi connectivity index (χ4v) is 3.33. The zero-order chi connectivity index (χ0) is 18.0. The Labute approximate surface area is 152 Å². The molecule has 4 nitrogen and oxygen atoms in total. The molecule has 0 spiro atoms. The summed E-state index contributed by atoms with van der Waals surface area (Å²) in [6, 6.07) is 11.2. The highest BCUT2D eigenvalue weighted by Gasteiger charge is 2.15. The first-order valence-electron chi connectivity index (χ1n) is 8.36. The van der Waals surface area contributed by atoms with Gasteiger partial charge in [-0.15, -0.1) is 0 Å². The molecule has 1 aliphatic rings. The van der Waals surface area contributed by atoms with Crippen LogP contribution in [0.4, 0.5) is 5.69 Å². The lowest BCUT2D eigenvalue weighted by atomic mass is 10.0. The molecule has 2 amide bonds. The number of carbonyl (C=O) groups excluding carboxylic acids is 2. The lowest BCUT2D eigenvalue weighted by Crippen LogP contribution is -2.22. The molecule has 0 fully saturated rings. The lowest BCUT2D eigenvalue weighted by molar-refractivity contribution is -0.115. The highest BCUT2D eigenvalue weighted by molar-refractivity contribution is 6.34. The number of benzene rings is 2. The Morgan fingerprint density at radius 2 is 1.84 bits per heavy atom. The second-order valence-corrected chi connectivity index (χ2v) is 6.98. The summed E-state index contributed by atoms with van der Waals surface area (Å²) in [5.41, 5.74) is 4.71. The highest BCUT2D eigenvalue weighted by Crippen LogP contribution is 2.24. The van der Waals surface area contributed by atoms with Gasteiger partial charge in [-0.3, -0.25) is 9.59 Å². The van der Waals surface area contributed by atoms with Gasteiger partial charge >= 0.3 is 0 Å². The number of nitrogens with zero attached hydrogens (tertiary/aromatic N) is 1. The molecule has 3 rings (SSSR count). The minimum absolute atomic E-state index is 0.108. The van der Waals surface area contributed by atoms with E-state index in [2.05, 4.69) is 17.4 Å². The van der Waals surface area contributed by atoms with Crippen LogP contribution in [0.15, 0.2) is 36.4 Å². The van der Waals surface area contributed by atoms with Gasteiger partial charge in [-0.25, -0.2) is 0 Å². The van der Waals surface area contributed by atoms with Crippen LogP contribution in [0, 0.1) is 0 Å². The van der Waals surface area contributed by atoms with Crippen LogP contribution >= 0.6 is 11.6 Å². The minimum Gasteiger partial charge on any atom is -0.345 e. The van der Waals surface area contributed by atoms with Gasteiger partial charge in [0, 0.05) is 19.8 Å². The van der Waals surface area contributed by atoms with E-state index in [1.165, 1.54) is 22.4 Å². The van der Waals surface area contributed by atoms with Gasteiger partial charge in [-0.05, 0) is 54.2 Å². The Hall–Kier alpha value is -2.33. The number of rotatable bonds is 4. The zero-order valence-corrected chi connectivity index (χ0v) is 15.2. The number of nitrogens with one attached hydrogen (secondary N) is 1. The van der Waals surface area contributed by atoms with Gasteiger partial charge in [-0.2, -0.15) is 0 Å². The molecule has 0 saturated heterocycles. The largest absolute Gasteiger partial charge is 0.345 e. The number of aryl methyl sites for hydroxylation is 2. The van der Waals surface area contributed by atoms with Crippen molar-refractivity contribution in [2.75, 3.05) is 19.4 Å². The maximum absolute atomic E-state index is 12.3. The van der Waals surface area contributed by atoms with Crippen molar-refractivity contribution in [1.29, 1.82) is 0 Å². The van der Waals surface area contributed by atoms with Crippen molar-refractivity contribution in [2.24, 2.45) is 0 Å². The van der Waals surface area contributed by atoms with Gasteiger partial charge in [0.2, 0.25) is 5.91 Å². The number of anilines is 1. The number of hydrogen-bond acceptors (Lipinski definition) is 2. The topological polar surface area (TPSA) is 49.4 Å². The van der Waals surface area contributed by atoms with Gasteiger partial charge < -0.3 is 10.2 Å². The third-order valence-electron chi connectivity index (χ3n) is 4.41. The predicted octanol–water partition coefficient (Wildman–Crippen LogP) is 3.71. The summed E-state index contributed by atoms with van der Waals surface area (Å²) in [5, 5.41) is 3.22. The third kappa shape index (κ3) is 4.02. The fraction of sp³-hybridized carbons (Fsp3) is 0.300. The van der Waals surface area contributed by atoms with Crippen molar-refractivity contribution in [3.05, 3.63) is 63.7 Å². The van der Waals surface area contributed by atoms with E-state index in [4.69, 9.17) is 11.6 Å². The average molecular weight is 357 g/mol. The first-order valence-corrected chi connectivity index (χ1v) is 8.73. The lowest BCUT2D eigenvalue weighted by Gasteiger charge is -2.13. The summed E-state index contributed by atoms with van der Waals surface area (Å²) in [6.45, 7) is 0. The summed E-state index contributed by atoms with van der Waals surface area (Å²) >= 11 is 6.10. The number of carbonyl (C=O) groups is 2. The van der Waals surface area contributed by atoms with Crippen LogP contribution in [0.3, 0.4) is 0 Å². The van der Waals surface area contributed by atoms with Crippen LogP contribution in [-0.4, -0.2) is 30.8 Å². The smallest absolute Gasteiger partial charge is 0.254 e. The number of hydrogen-bond donors (Lipinski definition) is 1. The molecule has 1 aliphatic carbocycles. The normalized spacial score (nSPS) is 12.6. The molecular weight excluding hydrogens is 336 g/mol. The molecule has 0 bridgehead atoms. The third-order valence-corrected chi connectivity index (χ3v) is 4.74. The van der Waals surface area contributed by atoms with Crippen LogP contribution in [0.25, 0.3) is 0 Å². The van der Waals surface area contributed by atoms with E-state index in [0.29, 0.717) is 22.7 Å². The van der Waals surface area contributed by atoms with E-state index < -0.39 is 0 Å². The second kappa shape index (κ2) is 7.28. The van der Waals surface area contributed by atoms with Gasteiger partial charge in [0.25, 0.3) is 5.91 Å². The van der Waals surface area contributed by atoms with Gasteiger partial charge in [-0.1, -0.05) is 29.8 Å². The van der Waals surface area contributed by atoms with E-state index in [9.17, 15) is 9.59 Å². The Morgan fingerprint density at radius 3 is 2.60 bits per heavy atom. The Bertz CT molecular complexity index is 830. The Morgan fingerprint density at radius 1 is 1.08 bits per heavy atom. The summed E-state index contributed by atoms with van der Waals surface area (Å²) in [5.74, 6) is -0.303. The fourth-order valence-electron chi connectivity index (χ4n) is 3.13. The minimum atomic E-state index is -0.195. The molecule has 0 atom stereocenters. The van der Waals surface area contributed by atoms with Crippen LogP contribution in [0.5, 0.6) is 0 Å². The molecule has 0 aromatic heterocycles. The Kier molecular flexibility index (Phi) is 5.09. The van der Waals surface area contributed by atoms with Gasteiger partial charge in [0.1, 0.15) is 0 Å². The van der Waals surface area contributed by atoms with Crippen LogP contribution in [0.1, 0.15) is 33.5 Å². The number of amides is 2. The zero-order valence-electron chi connectivity index (χ0n) is 14.4. The molecule has 5 heteroatoms. The number of fused-ring (bicyclic) bond motifs is 1. The second-order valence-electron chi connectivity index (χ2n) is 6.58. The van der Waals surface area contributed by atoms with E-state index in [0.717, 1.165) is 18.4 Å². The van der Waals surface area contributed by atoms with Gasteiger partial charge in [0.15, 0.2) is 0 Å². The van der Waals surface area contributed by atoms with Crippen molar-refractivity contribution in [2.45, 2.75) is 25.7 Å². The predicted molar refractivity (Wildman–Crippen MR) is 100 cm³/mol. The van der Waals surface area contributed by atoms with Crippen molar-refractivity contribution in [3.8, 4) is 0 Å². The average Bonchev–Trinajstić information content (AvgIpc) is 3.03. The Balaban J connectivity index is 1.71. The molecule has 0 saturated carbocycles. The van der Waals surface area contributed by atoms with Crippen molar-refractivity contribution >= 4 is 29.1 Å². The van der Waals surface area contributed by atoms with E-state index >= 15 is 0 Å². The molecule has 2 aromatic rings. The maximum Gasteiger partial charge on any atom is 0.254 e. The SMILES string of the molecule is CN(C)C(=O)c1cc(NC(=O)Cc2ccc3c(c2)CCC3)ccc1Cl. The molecule has 0 unspecified atom stereocenters. The van der Waals surface area contributed by atoms with Crippen molar-refractivity contribution in [3.63, 3.8) is 0 Å². The quantitative estimate of drug-likeness (QED) is 0.907. The van der Waals surface area contributed by atoms with Crippen LogP contribution in [0.2, 0.25) is 5.02 Å². The molecule has 0 heterocycles. The molecule has 0 aliphatic heterocycles. The summed E-state index contributed by atoms with van der Waals surface area (Å²) in [7, 11) is 3.33. The van der Waals surface area contributed by atoms with Crippen molar-refractivity contribution in [1.82, 2.24) is 4.90 Å². The maximum atomic E-state index is 12.3. The summed E-state index contributed by atoms with van der Waals surface area (Å²) < 4.78 is 0. The van der Waals surface area contributed by atoms with Crippen molar-refractivity contribution < 1.29 is 9.59 Å². The molecule has 0 radical (unpaired) electrons. The molecule has 130 valence electrons. The highest BCUT2D eigenvalue weighted by atomic mass is 35.5. The van der Waals surface area contributed by atoms with E-state index in [-0.39, 0.29) is 11.8 Å². The first kappa shape index (κ1) is 17.5. The summed E-state index contributed by atoms with van der Waals surface area (Å²) in [4.78, 5) is 25.9. The van der Waals surface area contributed by atoms with Crippen LogP contribution < -0.4 is 5.32 Å². The molecular formula is C20H21ClN2O2. The molecule has 1 N–H and O–H groups in total. The molecule has 2 aromatic carbocycles. The molecule has 25 heavy (non-hydrogen) atoms.